The molecular weight excluding hydrogens is 416 g/mol. The number of likely N-dealkylation sites (tertiary alicyclic amines) is 1. The summed E-state index contributed by atoms with van der Waals surface area (Å²) in [4.78, 5) is 19.0. The molecule has 1 saturated carbocycles. The SMILES string of the molecule is O=C(O)C(c1ccccc1C1CC1)N1CC[C@@H](OCCOCc2ccc3c(n2)CCCC3)C1. The molecule has 2 aliphatic carbocycles. The zero-order chi connectivity index (χ0) is 22.6. The number of ether oxygens (including phenoxy) is 2. The summed E-state index contributed by atoms with van der Waals surface area (Å²) in [5.74, 6) is -0.246. The van der Waals surface area contributed by atoms with E-state index in [1.165, 1.54) is 29.7 Å². The number of nitrogens with zero attached hydrogens (tertiary/aromatic N) is 2. The third kappa shape index (κ3) is 5.45. The summed E-state index contributed by atoms with van der Waals surface area (Å²) in [6.07, 6.45) is 7.93. The molecule has 33 heavy (non-hydrogen) atoms. The van der Waals surface area contributed by atoms with E-state index >= 15 is 0 Å². The number of pyridine rings is 1. The van der Waals surface area contributed by atoms with Crippen LogP contribution in [0.2, 0.25) is 0 Å². The summed E-state index contributed by atoms with van der Waals surface area (Å²) < 4.78 is 11.8. The van der Waals surface area contributed by atoms with Gasteiger partial charge in [0.15, 0.2) is 0 Å². The van der Waals surface area contributed by atoms with Gasteiger partial charge in [0.05, 0.1) is 31.6 Å². The molecule has 1 aromatic heterocycles. The Bertz CT molecular complexity index is 974. The van der Waals surface area contributed by atoms with Crippen molar-refractivity contribution in [3.63, 3.8) is 0 Å². The molecule has 1 N–H and O–H groups in total. The first-order valence-corrected chi connectivity index (χ1v) is 12.4. The molecule has 5 rings (SSSR count). The molecule has 6 heteroatoms. The number of hydrogen-bond acceptors (Lipinski definition) is 5. The lowest BCUT2D eigenvalue weighted by Crippen LogP contribution is -2.34. The molecule has 1 aromatic carbocycles. The molecule has 0 bridgehead atoms. The lowest BCUT2D eigenvalue weighted by atomic mass is 9.96. The van der Waals surface area contributed by atoms with Crippen LogP contribution in [0.25, 0.3) is 0 Å². The predicted molar refractivity (Wildman–Crippen MR) is 125 cm³/mol. The van der Waals surface area contributed by atoms with Crippen LogP contribution in [0.3, 0.4) is 0 Å². The van der Waals surface area contributed by atoms with Crippen LogP contribution < -0.4 is 0 Å². The van der Waals surface area contributed by atoms with Gasteiger partial charge < -0.3 is 14.6 Å². The van der Waals surface area contributed by atoms with Crippen molar-refractivity contribution in [2.75, 3.05) is 26.3 Å². The van der Waals surface area contributed by atoms with Crippen LogP contribution >= 0.6 is 0 Å². The Kier molecular flexibility index (Phi) is 7.04. The first-order chi connectivity index (χ1) is 16.2. The van der Waals surface area contributed by atoms with Crippen LogP contribution in [0.5, 0.6) is 0 Å². The number of rotatable bonds is 10. The molecule has 0 amide bonds. The Balaban J connectivity index is 1.08. The molecule has 0 spiro atoms. The van der Waals surface area contributed by atoms with Crippen molar-refractivity contribution in [2.45, 2.75) is 69.6 Å². The van der Waals surface area contributed by atoms with E-state index in [1.807, 2.05) is 18.2 Å². The maximum Gasteiger partial charge on any atom is 0.325 e. The van der Waals surface area contributed by atoms with Gasteiger partial charge in [0, 0.05) is 18.8 Å². The summed E-state index contributed by atoms with van der Waals surface area (Å²) in [5, 5.41) is 10.0. The van der Waals surface area contributed by atoms with Crippen LogP contribution in [0.1, 0.15) is 72.1 Å². The van der Waals surface area contributed by atoms with E-state index in [9.17, 15) is 9.90 Å². The third-order valence-electron chi connectivity index (χ3n) is 7.15. The van der Waals surface area contributed by atoms with Crippen LogP contribution in [-0.4, -0.2) is 53.4 Å². The summed E-state index contributed by atoms with van der Waals surface area (Å²) in [6.45, 7) is 2.91. The molecule has 1 aliphatic heterocycles. The van der Waals surface area contributed by atoms with Gasteiger partial charge in [0.2, 0.25) is 0 Å². The van der Waals surface area contributed by atoms with Crippen molar-refractivity contribution in [1.29, 1.82) is 0 Å². The first kappa shape index (κ1) is 22.5. The summed E-state index contributed by atoms with van der Waals surface area (Å²) >= 11 is 0. The highest BCUT2D eigenvalue weighted by molar-refractivity contribution is 5.76. The van der Waals surface area contributed by atoms with Crippen molar-refractivity contribution in [3.05, 3.63) is 64.5 Å². The fourth-order valence-electron chi connectivity index (χ4n) is 5.29. The van der Waals surface area contributed by atoms with Gasteiger partial charge in [-0.1, -0.05) is 30.3 Å². The molecule has 1 saturated heterocycles. The van der Waals surface area contributed by atoms with E-state index in [-0.39, 0.29) is 6.10 Å². The topological polar surface area (TPSA) is 71.9 Å². The number of aromatic nitrogens is 1. The van der Waals surface area contributed by atoms with E-state index in [4.69, 9.17) is 14.5 Å². The van der Waals surface area contributed by atoms with Crippen LogP contribution in [-0.2, 0) is 33.7 Å². The quantitative estimate of drug-likeness (QED) is 0.545. The van der Waals surface area contributed by atoms with Gasteiger partial charge in [-0.2, -0.15) is 0 Å². The largest absolute Gasteiger partial charge is 0.480 e. The minimum Gasteiger partial charge on any atom is -0.480 e. The maximum atomic E-state index is 12.2. The van der Waals surface area contributed by atoms with Gasteiger partial charge in [0.1, 0.15) is 6.04 Å². The first-order valence-electron chi connectivity index (χ1n) is 12.4. The van der Waals surface area contributed by atoms with Gasteiger partial charge in [-0.25, -0.2) is 0 Å². The molecule has 2 atom stereocenters. The molecule has 1 unspecified atom stereocenters. The highest BCUT2D eigenvalue weighted by Crippen LogP contribution is 2.44. The Morgan fingerprint density at radius 1 is 1.09 bits per heavy atom. The highest BCUT2D eigenvalue weighted by atomic mass is 16.5. The smallest absolute Gasteiger partial charge is 0.325 e. The monoisotopic (exact) mass is 450 g/mol. The van der Waals surface area contributed by atoms with E-state index in [0.29, 0.717) is 32.3 Å². The average molecular weight is 451 g/mol. The standard InChI is InChI=1S/C27H34N2O4/c30-27(31)26(24-7-3-2-6-23(24)19-9-10-19)29-14-13-22(17-29)33-16-15-32-18-21-12-11-20-5-1-4-8-25(20)28-21/h2-3,6-7,11-12,19,22,26H,1,4-5,8-10,13-18H2,(H,30,31)/t22-,26?/m1/s1. The number of carboxylic acids is 1. The normalized spacial score (nSPS) is 21.6. The molecule has 2 fully saturated rings. The second-order valence-corrected chi connectivity index (χ2v) is 9.59. The summed E-state index contributed by atoms with van der Waals surface area (Å²) in [5.41, 5.74) is 5.77. The number of carbonyl (C=O) groups is 1. The predicted octanol–water partition coefficient (Wildman–Crippen LogP) is 4.27. The van der Waals surface area contributed by atoms with E-state index < -0.39 is 12.0 Å². The second-order valence-electron chi connectivity index (χ2n) is 9.59. The van der Waals surface area contributed by atoms with E-state index in [2.05, 4.69) is 23.1 Å². The lowest BCUT2D eigenvalue weighted by Gasteiger charge is -2.26. The highest BCUT2D eigenvalue weighted by Gasteiger charge is 2.37. The van der Waals surface area contributed by atoms with Crippen molar-refractivity contribution in [2.24, 2.45) is 0 Å². The van der Waals surface area contributed by atoms with Crippen molar-refractivity contribution >= 4 is 5.97 Å². The number of aryl methyl sites for hydroxylation is 2. The van der Waals surface area contributed by atoms with Gasteiger partial charge in [-0.05, 0) is 73.6 Å². The zero-order valence-electron chi connectivity index (χ0n) is 19.2. The molecule has 3 aliphatic rings. The minimum absolute atomic E-state index is 0.0467. The Morgan fingerprint density at radius 3 is 2.79 bits per heavy atom. The number of aliphatic carboxylic acids is 1. The molecular formula is C27H34N2O4. The molecule has 176 valence electrons. The molecule has 2 heterocycles. The van der Waals surface area contributed by atoms with Crippen LogP contribution in [0.4, 0.5) is 0 Å². The molecule has 2 aromatic rings. The number of fused-ring (bicyclic) bond motifs is 1. The van der Waals surface area contributed by atoms with Crippen molar-refractivity contribution in [3.8, 4) is 0 Å². The van der Waals surface area contributed by atoms with Crippen molar-refractivity contribution in [1.82, 2.24) is 9.88 Å². The summed E-state index contributed by atoms with van der Waals surface area (Å²) in [6, 6.07) is 11.7. The Morgan fingerprint density at radius 2 is 1.94 bits per heavy atom. The summed E-state index contributed by atoms with van der Waals surface area (Å²) in [7, 11) is 0. The van der Waals surface area contributed by atoms with E-state index in [0.717, 1.165) is 49.9 Å². The van der Waals surface area contributed by atoms with E-state index in [1.54, 1.807) is 0 Å². The second kappa shape index (κ2) is 10.3. The van der Waals surface area contributed by atoms with Gasteiger partial charge in [-0.15, -0.1) is 0 Å². The van der Waals surface area contributed by atoms with Crippen LogP contribution in [0.15, 0.2) is 36.4 Å². The fourth-order valence-corrected chi connectivity index (χ4v) is 5.29. The van der Waals surface area contributed by atoms with Crippen LogP contribution in [0, 0.1) is 0 Å². The number of benzene rings is 1. The zero-order valence-corrected chi connectivity index (χ0v) is 19.2. The maximum absolute atomic E-state index is 12.2. The van der Waals surface area contributed by atoms with Gasteiger partial charge in [-0.3, -0.25) is 14.7 Å². The fraction of sp³-hybridized carbons (Fsp3) is 0.556. The van der Waals surface area contributed by atoms with Crippen molar-refractivity contribution < 1.29 is 19.4 Å². The van der Waals surface area contributed by atoms with Gasteiger partial charge in [0.25, 0.3) is 0 Å². The lowest BCUT2D eigenvalue weighted by molar-refractivity contribution is -0.143. The molecule has 6 nitrogen and oxygen atoms in total. The minimum atomic E-state index is -0.773. The molecule has 0 radical (unpaired) electrons. The third-order valence-corrected chi connectivity index (χ3v) is 7.15. The van der Waals surface area contributed by atoms with Gasteiger partial charge >= 0.3 is 5.97 Å². The number of carboxylic acid groups (broad SMARTS) is 1. The Hall–Kier alpha value is -2.28. The average Bonchev–Trinajstić information content (AvgIpc) is 3.58. The number of hydrogen-bond donors (Lipinski definition) is 1. The Labute approximate surface area is 195 Å².